The van der Waals surface area contributed by atoms with E-state index in [1.165, 1.54) is 129 Å². The molecule has 0 aromatic carbocycles. The lowest BCUT2D eigenvalue weighted by Crippen LogP contribution is -2.51. The molecular weight excluding hydrogens is 1240 g/mol. The van der Waals surface area contributed by atoms with Crippen LogP contribution in [-0.2, 0) is 62.0 Å². The standard InChI is InChI=1S/2C36H60NO7.C6H14O3/c2*1-24(2)9-8-10-25(3)30-13-14-31-29-12-11-27-21-28(15-17-35(27,6)32(29)16-18-36(30,31)7)44-37(41)19-20-42-33(40)34(5,22-38)23-43-26(4)39;1-7-3-5-9-6-4-8-2/h2*11,24-25,28-32,38H,8-10,12-23H2,1-7H3;3-6H2,1-2H3/q2*+1;/t2*25-,28?,29+,30?,31+,32+,34?,35+,36-;/m11./s1. The van der Waals surface area contributed by atoms with Gasteiger partial charge in [0.05, 0.1) is 49.5 Å². The maximum absolute atomic E-state index is 12.6. The molecule has 6 unspecified atom stereocenters. The van der Waals surface area contributed by atoms with E-state index in [1.807, 2.05) is 0 Å². The highest BCUT2D eigenvalue weighted by molar-refractivity contribution is 5.78. The Morgan fingerprint density at radius 2 is 0.897 bits per heavy atom. The average Bonchev–Trinajstić information content (AvgIpc) is 1.70. The molecule has 8 aliphatic carbocycles. The number of esters is 4. The maximum Gasteiger partial charge on any atom is 0.317 e. The third-order valence-corrected chi connectivity index (χ3v) is 25.8. The zero-order valence-electron chi connectivity index (χ0n) is 63.2. The summed E-state index contributed by atoms with van der Waals surface area (Å²) in [6.07, 6.45) is 31.4. The summed E-state index contributed by atoms with van der Waals surface area (Å²) in [5, 5.41) is 19.2. The second-order valence-corrected chi connectivity index (χ2v) is 33.5. The van der Waals surface area contributed by atoms with E-state index in [2.05, 4.69) is 81.4 Å². The fourth-order valence-electron chi connectivity index (χ4n) is 19.9. The third kappa shape index (κ3) is 21.1. The van der Waals surface area contributed by atoms with Crippen LogP contribution in [0.3, 0.4) is 0 Å². The van der Waals surface area contributed by atoms with Gasteiger partial charge in [-0.1, -0.05) is 131 Å². The van der Waals surface area contributed by atoms with Crippen molar-refractivity contribution in [1.29, 1.82) is 0 Å². The van der Waals surface area contributed by atoms with E-state index in [0.717, 1.165) is 111 Å². The van der Waals surface area contributed by atoms with E-state index in [4.69, 9.17) is 42.8 Å². The lowest BCUT2D eigenvalue weighted by Gasteiger charge is -2.58. The molecule has 0 aromatic rings. The first kappa shape index (κ1) is 81.9. The van der Waals surface area contributed by atoms with Gasteiger partial charge in [0, 0.05) is 40.9 Å². The predicted molar refractivity (Wildman–Crippen MR) is 373 cm³/mol. The normalized spacial score (nSPS) is 32.6. The van der Waals surface area contributed by atoms with Crippen molar-refractivity contribution in [2.75, 3.05) is 93.4 Å². The first-order valence-corrected chi connectivity index (χ1v) is 37.9. The number of hydrogen-bond acceptors (Lipinski definition) is 17. The number of fused-ring (bicyclic) bond motifs is 10. The zero-order chi connectivity index (χ0) is 71.5. The first-order chi connectivity index (χ1) is 45.9. The molecule has 0 aliphatic heterocycles. The molecule has 19 nitrogen and oxygen atoms in total. The van der Waals surface area contributed by atoms with Crippen LogP contribution in [0, 0.1) is 113 Å². The molecule has 97 heavy (non-hydrogen) atoms. The van der Waals surface area contributed by atoms with Gasteiger partial charge in [-0.05, 0) is 196 Å². The van der Waals surface area contributed by atoms with Gasteiger partial charge in [0.25, 0.3) is 13.1 Å². The van der Waals surface area contributed by atoms with E-state index in [-0.39, 0.29) is 62.6 Å². The minimum atomic E-state index is -1.37. The number of aliphatic hydroxyl groups is 2. The van der Waals surface area contributed by atoms with Gasteiger partial charge < -0.3 is 43.4 Å². The summed E-state index contributed by atoms with van der Waals surface area (Å²) in [5.74, 6) is 7.02. The summed E-state index contributed by atoms with van der Waals surface area (Å²) in [5.41, 5.74) is 1.51. The molecule has 0 heterocycles. The van der Waals surface area contributed by atoms with Gasteiger partial charge in [-0.15, -0.1) is 0 Å². The zero-order valence-corrected chi connectivity index (χ0v) is 63.2. The summed E-state index contributed by atoms with van der Waals surface area (Å²) in [6.45, 7) is 30.4. The second kappa shape index (κ2) is 37.2. The van der Waals surface area contributed by atoms with Crippen molar-refractivity contribution in [2.45, 2.75) is 250 Å². The van der Waals surface area contributed by atoms with Crippen molar-refractivity contribution in [3.05, 3.63) is 33.1 Å². The average molecular weight is 1370 g/mol. The maximum atomic E-state index is 12.6. The predicted octanol–water partition coefficient (Wildman–Crippen LogP) is 14.7. The van der Waals surface area contributed by atoms with Gasteiger partial charge in [0.15, 0.2) is 25.4 Å². The molecule has 0 aromatic heterocycles. The van der Waals surface area contributed by atoms with Crippen molar-refractivity contribution in [1.82, 2.24) is 0 Å². The van der Waals surface area contributed by atoms with Crippen LogP contribution in [0.1, 0.15) is 238 Å². The fraction of sp³-hybridized carbons (Fsp3) is 0.897. The molecule has 19 heteroatoms. The number of aliphatic hydroxyl groups excluding tert-OH is 2. The topological polar surface area (TPSA) is 232 Å². The van der Waals surface area contributed by atoms with Gasteiger partial charge in [-0.25, -0.2) is 9.68 Å². The summed E-state index contributed by atoms with van der Waals surface area (Å²) < 4.78 is 34.8. The van der Waals surface area contributed by atoms with E-state index in [1.54, 1.807) is 14.2 Å². The largest absolute Gasteiger partial charge is 0.465 e. The lowest BCUT2D eigenvalue weighted by molar-refractivity contribution is -0.813. The highest BCUT2D eigenvalue weighted by atomic mass is 16.8. The van der Waals surface area contributed by atoms with E-state index >= 15 is 0 Å². The fourth-order valence-corrected chi connectivity index (χ4v) is 19.9. The monoisotopic (exact) mass is 1370 g/mol. The second-order valence-electron chi connectivity index (χ2n) is 33.5. The number of nitrogens with zero attached hydrogens (tertiary/aromatic N) is 2. The number of allylic oxidation sites excluding steroid dienone is 2. The Morgan fingerprint density at radius 3 is 1.24 bits per heavy atom. The molecule has 0 saturated heterocycles. The van der Waals surface area contributed by atoms with Crippen LogP contribution in [0.15, 0.2) is 23.3 Å². The Labute approximate surface area is 583 Å². The molecule has 2 N–H and O–H groups in total. The van der Waals surface area contributed by atoms with Crippen molar-refractivity contribution in [3.63, 3.8) is 0 Å². The number of carbonyl (C=O) groups is 4. The van der Waals surface area contributed by atoms with E-state index in [0.29, 0.717) is 58.9 Å². The minimum Gasteiger partial charge on any atom is -0.465 e. The van der Waals surface area contributed by atoms with E-state index < -0.39 is 47.9 Å². The Bertz CT molecular complexity index is 2440. The van der Waals surface area contributed by atoms with Crippen LogP contribution in [0.2, 0.25) is 0 Å². The number of ether oxygens (including phenoxy) is 7. The van der Waals surface area contributed by atoms with Crippen molar-refractivity contribution in [2.24, 2.45) is 104 Å². The number of hydrogen-bond donors (Lipinski definition) is 2. The third-order valence-electron chi connectivity index (χ3n) is 25.8. The molecule has 8 rings (SSSR count). The summed E-state index contributed by atoms with van der Waals surface area (Å²) in [6, 6.07) is 0. The van der Waals surface area contributed by atoms with Gasteiger partial charge in [-0.2, -0.15) is 0 Å². The van der Waals surface area contributed by atoms with Crippen molar-refractivity contribution < 1.29 is 82.1 Å². The first-order valence-electron chi connectivity index (χ1n) is 37.9. The van der Waals surface area contributed by atoms with E-state index in [9.17, 15) is 39.2 Å². The van der Waals surface area contributed by atoms with Crippen LogP contribution >= 0.6 is 0 Å². The number of rotatable bonds is 34. The van der Waals surface area contributed by atoms with Crippen LogP contribution in [0.5, 0.6) is 0 Å². The molecule has 0 amide bonds. The number of carbonyl (C=O) groups excluding carboxylic acids is 4. The van der Waals surface area contributed by atoms with Gasteiger partial charge >= 0.3 is 23.9 Å². The quantitative estimate of drug-likeness (QED) is 0.0200. The Kier molecular flexibility index (Phi) is 31.4. The van der Waals surface area contributed by atoms with Crippen LogP contribution in [0.4, 0.5) is 0 Å². The Morgan fingerprint density at radius 1 is 0.515 bits per heavy atom. The molecule has 6 saturated carbocycles. The van der Waals surface area contributed by atoms with Crippen LogP contribution < -0.4 is 0 Å². The molecule has 18 atom stereocenters. The molecule has 8 aliphatic rings. The highest BCUT2D eigenvalue weighted by Crippen LogP contribution is 2.69. The van der Waals surface area contributed by atoms with Gasteiger partial charge in [0.1, 0.15) is 24.0 Å². The lowest BCUT2D eigenvalue weighted by atomic mass is 9.47. The van der Waals surface area contributed by atoms with Crippen LogP contribution in [0.25, 0.3) is 0 Å². The van der Waals surface area contributed by atoms with Crippen molar-refractivity contribution in [3.8, 4) is 0 Å². The Hall–Kier alpha value is -4.04. The molecule has 0 radical (unpaired) electrons. The van der Waals surface area contributed by atoms with Crippen LogP contribution in [-0.4, -0.2) is 150 Å². The molecule has 556 valence electrons. The summed E-state index contributed by atoms with van der Waals surface area (Å²) in [7, 11) is 3.30. The smallest absolute Gasteiger partial charge is 0.317 e. The molecule has 6 fully saturated rings. The highest BCUT2D eigenvalue weighted by Gasteiger charge is 2.61. The van der Waals surface area contributed by atoms with Gasteiger partial charge in [-0.3, -0.25) is 19.2 Å². The molecular formula is C78H134N2O17+2. The SMILES string of the molecule is CC(=O)OCC(C)(CO)C(=O)OCC[N+](=O)OC1CC[C@@]2(C)C(=CC[C@@H]3[C@@H]2CC[C@]2(C)C([C@H](C)CCCC(C)C)CC[C@@H]32)C1.CC(=O)OCC(C)(CO)C(=O)OCC[N+](=O)OC1CC[C@@]2(C)C(=CC[C@@H]3[C@@H]2CC[C@]2(C)C([C@H](C)CCCC(C)C)CC[C@@H]32)C1.COCCOCCOC. The molecule has 0 spiro atoms. The molecule has 0 bridgehead atoms. The summed E-state index contributed by atoms with van der Waals surface area (Å²) in [4.78, 5) is 85.0. The van der Waals surface area contributed by atoms with Gasteiger partial charge in [0.2, 0.25) is 9.85 Å². The Balaban J connectivity index is 0.000000272. The van der Waals surface area contributed by atoms with Crippen molar-refractivity contribution >= 4 is 23.9 Å². The minimum absolute atomic E-state index is 0.129. The summed E-state index contributed by atoms with van der Waals surface area (Å²) >= 11 is 0. The number of methoxy groups -OCH3 is 2.